The number of hydrogen-bond acceptors (Lipinski definition) is 3. The summed E-state index contributed by atoms with van der Waals surface area (Å²) in [6.07, 6.45) is 2.94. The van der Waals surface area contributed by atoms with Crippen LogP contribution in [-0.2, 0) is 4.79 Å². The molecule has 0 unspecified atom stereocenters. The second-order valence-corrected chi connectivity index (χ2v) is 8.63. The molecule has 33 heavy (non-hydrogen) atoms. The Morgan fingerprint density at radius 3 is 2.12 bits per heavy atom. The smallest absolute Gasteiger partial charge is 0.253 e. The number of amides is 3. The minimum absolute atomic E-state index is 0.113. The third kappa shape index (κ3) is 5.38. The molecule has 2 aromatic carbocycles. The molecule has 0 aliphatic carbocycles. The van der Waals surface area contributed by atoms with Crippen molar-refractivity contribution >= 4 is 17.7 Å². The molecule has 3 amide bonds. The number of carbonyl (C=O) groups excluding carboxylic acids is 3. The monoisotopic (exact) mass is 455 g/mol. The van der Waals surface area contributed by atoms with Gasteiger partial charge in [0, 0.05) is 37.3 Å². The highest BCUT2D eigenvalue weighted by Gasteiger charge is 2.37. The van der Waals surface area contributed by atoms with E-state index in [-0.39, 0.29) is 23.3 Å². The van der Waals surface area contributed by atoms with Crippen molar-refractivity contribution in [1.82, 2.24) is 15.1 Å². The van der Waals surface area contributed by atoms with E-state index in [0.29, 0.717) is 44.6 Å². The van der Waals surface area contributed by atoms with Gasteiger partial charge in [-0.25, -0.2) is 8.78 Å². The quantitative estimate of drug-likeness (QED) is 0.753. The summed E-state index contributed by atoms with van der Waals surface area (Å²) in [6, 6.07) is 10.1. The van der Waals surface area contributed by atoms with E-state index in [1.807, 2.05) is 0 Å². The minimum atomic E-state index is -0.716. The molecule has 0 spiro atoms. The van der Waals surface area contributed by atoms with Gasteiger partial charge in [0.25, 0.3) is 11.8 Å². The number of halogens is 2. The molecule has 6 nitrogen and oxygen atoms in total. The molecule has 1 N–H and O–H groups in total. The number of benzene rings is 2. The van der Waals surface area contributed by atoms with Gasteiger partial charge in [-0.2, -0.15) is 0 Å². The first-order valence-electron chi connectivity index (χ1n) is 11.3. The van der Waals surface area contributed by atoms with Crippen LogP contribution in [0.2, 0.25) is 0 Å². The highest BCUT2D eigenvalue weighted by molar-refractivity contribution is 5.98. The first kappa shape index (κ1) is 22.9. The number of nitrogens with zero attached hydrogens (tertiary/aromatic N) is 2. The summed E-state index contributed by atoms with van der Waals surface area (Å²) in [5.41, 5.74) is 0.581. The molecule has 0 saturated carbocycles. The summed E-state index contributed by atoms with van der Waals surface area (Å²) in [5, 5.41) is 2.88. The highest BCUT2D eigenvalue weighted by atomic mass is 19.1. The number of nitrogens with one attached hydrogen (secondary N) is 1. The standard InChI is InChI=1S/C25H27F2N3O3/c26-20-8-6-18(7-9-20)23(31)28-22(25(33)29-12-1-2-13-29)17-10-14-30(15-11-17)24(32)19-4-3-5-21(27)16-19/h3-9,16-17,22H,1-2,10-15H2,(H,28,31)/t22-/m1/s1. The van der Waals surface area contributed by atoms with Gasteiger partial charge in [-0.05, 0) is 74.1 Å². The molecule has 0 aromatic heterocycles. The fourth-order valence-corrected chi connectivity index (χ4v) is 4.58. The molecule has 2 aromatic rings. The average molecular weight is 456 g/mol. The number of likely N-dealkylation sites (tertiary alicyclic amines) is 2. The SMILES string of the molecule is O=C(N[C@@H](C(=O)N1CCCC1)C1CCN(C(=O)c2cccc(F)c2)CC1)c1ccc(F)cc1. The van der Waals surface area contributed by atoms with Crippen LogP contribution in [0.3, 0.4) is 0 Å². The molecular formula is C25H27F2N3O3. The van der Waals surface area contributed by atoms with Crippen molar-refractivity contribution in [3.63, 3.8) is 0 Å². The summed E-state index contributed by atoms with van der Waals surface area (Å²) in [7, 11) is 0. The predicted octanol–water partition coefficient (Wildman–Crippen LogP) is 3.24. The van der Waals surface area contributed by atoms with Crippen molar-refractivity contribution in [2.75, 3.05) is 26.2 Å². The summed E-state index contributed by atoms with van der Waals surface area (Å²) in [5.74, 6) is -1.82. The van der Waals surface area contributed by atoms with Crippen LogP contribution in [0.5, 0.6) is 0 Å². The molecule has 1 atom stereocenters. The topological polar surface area (TPSA) is 69.7 Å². The molecule has 2 aliphatic heterocycles. The first-order chi connectivity index (χ1) is 15.9. The van der Waals surface area contributed by atoms with E-state index in [1.165, 1.54) is 42.5 Å². The Balaban J connectivity index is 1.45. The molecular weight excluding hydrogens is 428 g/mol. The van der Waals surface area contributed by atoms with Crippen molar-refractivity contribution in [1.29, 1.82) is 0 Å². The van der Waals surface area contributed by atoms with Gasteiger partial charge >= 0.3 is 0 Å². The summed E-state index contributed by atoms with van der Waals surface area (Å²) < 4.78 is 26.7. The van der Waals surface area contributed by atoms with E-state index in [0.717, 1.165) is 12.8 Å². The Bertz CT molecular complexity index is 1010. The van der Waals surface area contributed by atoms with Gasteiger partial charge in [0.05, 0.1) is 0 Å². The van der Waals surface area contributed by atoms with Crippen molar-refractivity contribution in [3.8, 4) is 0 Å². The zero-order valence-electron chi connectivity index (χ0n) is 18.3. The van der Waals surface area contributed by atoms with Gasteiger partial charge in [0.15, 0.2) is 0 Å². The first-order valence-corrected chi connectivity index (χ1v) is 11.3. The van der Waals surface area contributed by atoms with Gasteiger partial charge in [-0.15, -0.1) is 0 Å². The largest absolute Gasteiger partial charge is 0.341 e. The van der Waals surface area contributed by atoms with Crippen LogP contribution in [0, 0.1) is 17.6 Å². The third-order valence-electron chi connectivity index (χ3n) is 6.45. The second kappa shape index (κ2) is 10.1. The number of carbonyl (C=O) groups is 3. The maximum Gasteiger partial charge on any atom is 0.253 e. The lowest BCUT2D eigenvalue weighted by atomic mass is 9.88. The van der Waals surface area contributed by atoms with E-state index >= 15 is 0 Å². The van der Waals surface area contributed by atoms with Crippen molar-refractivity contribution in [3.05, 3.63) is 71.3 Å². The number of rotatable bonds is 5. The van der Waals surface area contributed by atoms with Crippen LogP contribution in [0.15, 0.2) is 48.5 Å². The number of piperidine rings is 1. The van der Waals surface area contributed by atoms with Gasteiger partial charge in [-0.1, -0.05) is 6.07 Å². The Hall–Kier alpha value is -3.29. The highest BCUT2D eigenvalue weighted by Crippen LogP contribution is 2.25. The van der Waals surface area contributed by atoms with Crippen molar-refractivity contribution in [2.45, 2.75) is 31.7 Å². The van der Waals surface area contributed by atoms with E-state index in [1.54, 1.807) is 15.9 Å². The van der Waals surface area contributed by atoms with Crippen LogP contribution >= 0.6 is 0 Å². The van der Waals surface area contributed by atoms with E-state index in [9.17, 15) is 23.2 Å². The second-order valence-electron chi connectivity index (χ2n) is 8.63. The maximum absolute atomic E-state index is 13.5. The van der Waals surface area contributed by atoms with E-state index in [4.69, 9.17) is 0 Å². The Morgan fingerprint density at radius 2 is 1.48 bits per heavy atom. The van der Waals surface area contributed by atoms with Gasteiger partial charge in [-0.3, -0.25) is 14.4 Å². The fourth-order valence-electron chi connectivity index (χ4n) is 4.58. The van der Waals surface area contributed by atoms with E-state index in [2.05, 4.69) is 5.32 Å². The van der Waals surface area contributed by atoms with Crippen LogP contribution in [0.25, 0.3) is 0 Å². The van der Waals surface area contributed by atoms with Gasteiger partial charge < -0.3 is 15.1 Å². The van der Waals surface area contributed by atoms with Crippen molar-refractivity contribution < 1.29 is 23.2 Å². The normalized spacial score (nSPS) is 17.6. The molecule has 2 heterocycles. The summed E-state index contributed by atoms with van der Waals surface area (Å²) in [6.45, 7) is 2.16. The molecule has 2 aliphatic rings. The zero-order valence-corrected chi connectivity index (χ0v) is 18.3. The average Bonchev–Trinajstić information content (AvgIpc) is 3.37. The summed E-state index contributed by atoms with van der Waals surface area (Å²) in [4.78, 5) is 42.3. The third-order valence-corrected chi connectivity index (χ3v) is 6.45. The lowest BCUT2D eigenvalue weighted by Gasteiger charge is -2.37. The minimum Gasteiger partial charge on any atom is -0.341 e. The van der Waals surface area contributed by atoms with Gasteiger partial charge in [0.1, 0.15) is 17.7 Å². The predicted molar refractivity (Wildman–Crippen MR) is 118 cm³/mol. The molecule has 0 radical (unpaired) electrons. The van der Waals surface area contributed by atoms with Crippen LogP contribution in [0.1, 0.15) is 46.4 Å². The molecule has 0 bridgehead atoms. The molecule has 8 heteroatoms. The lowest BCUT2D eigenvalue weighted by molar-refractivity contribution is -0.134. The molecule has 174 valence electrons. The van der Waals surface area contributed by atoms with E-state index < -0.39 is 23.6 Å². The Kier molecular flexibility index (Phi) is 7.01. The van der Waals surface area contributed by atoms with Gasteiger partial charge in [0.2, 0.25) is 5.91 Å². The van der Waals surface area contributed by atoms with Crippen LogP contribution in [0.4, 0.5) is 8.78 Å². The fraction of sp³-hybridized carbons (Fsp3) is 0.400. The Morgan fingerprint density at radius 1 is 0.818 bits per heavy atom. The molecule has 2 saturated heterocycles. The maximum atomic E-state index is 13.5. The molecule has 4 rings (SSSR count). The summed E-state index contributed by atoms with van der Waals surface area (Å²) >= 11 is 0. The lowest BCUT2D eigenvalue weighted by Crippen LogP contribution is -2.54. The Labute approximate surface area is 191 Å². The zero-order chi connectivity index (χ0) is 23.4. The molecule has 2 fully saturated rings. The van der Waals surface area contributed by atoms with Crippen LogP contribution < -0.4 is 5.32 Å². The van der Waals surface area contributed by atoms with Crippen LogP contribution in [-0.4, -0.2) is 59.7 Å². The number of hydrogen-bond donors (Lipinski definition) is 1. The van der Waals surface area contributed by atoms with Crippen molar-refractivity contribution in [2.24, 2.45) is 5.92 Å².